The van der Waals surface area contributed by atoms with Crippen LogP contribution in [0.5, 0.6) is 0 Å². The van der Waals surface area contributed by atoms with Crippen LogP contribution in [0.2, 0.25) is 10.0 Å². The predicted octanol–water partition coefficient (Wildman–Crippen LogP) is 3.16. The summed E-state index contributed by atoms with van der Waals surface area (Å²) in [7, 11) is -2.25. The number of rotatable bonds is 8. The van der Waals surface area contributed by atoms with Gasteiger partial charge >= 0.3 is 0 Å². The van der Waals surface area contributed by atoms with Gasteiger partial charge in [-0.25, -0.2) is 13.1 Å². The number of halogens is 2. The van der Waals surface area contributed by atoms with E-state index in [9.17, 15) is 13.2 Å². The molecule has 0 radical (unpaired) electrons. The molecule has 9 heteroatoms. The number of aryl methyl sites for hydroxylation is 1. The van der Waals surface area contributed by atoms with Gasteiger partial charge in [-0.15, -0.1) is 0 Å². The molecule has 0 aliphatic heterocycles. The molecule has 0 fully saturated rings. The molecule has 0 aliphatic rings. The van der Waals surface area contributed by atoms with E-state index in [-0.39, 0.29) is 30.2 Å². The smallest absolute Gasteiger partial charge is 0.251 e. The van der Waals surface area contributed by atoms with Gasteiger partial charge in [-0.2, -0.15) is 0 Å². The lowest BCUT2D eigenvalue weighted by Crippen LogP contribution is -2.28. The summed E-state index contributed by atoms with van der Waals surface area (Å²) in [4.78, 5) is 12.6. The molecule has 0 bridgehead atoms. The minimum atomic E-state index is -3.73. The number of carbonyl (C=O) groups excluding carboxylic acids is 1. The van der Waals surface area contributed by atoms with E-state index in [2.05, 4.69) is 10.0 Å². The molecule has 0 saturated heterocycles. The predicted molar refractivity (Wildman–Crippen MR) is 106 cm³/mol. The Balaban J connectivity index is 2.16. The summed E-state index contributed by atoms with van der Waals surface area (Å²) in [5, 5.41) is 3.69. The Morgan fingerprint density at radius 1 is 1.15 bits per heavy atom. The second-order valence-electron chi connectivity index (χ2n) is 5.79. The average Bonchev–Trinajstić information content (AvgIpc) is 2.61. The summed E-state index contributed by atoms with van der Waals surface area (Å²) in [6, 6.07) is 9.39. The SMILES string of the molecule is COCCNS(=O)(=O)c1ccc(C)c(C(=O)NCc2ccc(Cl)cc2Cl)c1. The number of benzene rings is 2. The monoisotopic (exact) mass is 430 g/mol. The Labute approximate surface area is 168 Å². The van der Waals surface area contributed by atoms with Crippen LogP contribution < -0.4 is 10.0 Å². The number of ether oxygens (including phenoxy) is 1. The van der Waals surface area contributed by atoms with E-state index < -0.39 is 15.9 Å². The summed E-state index contributed by atoms with van der Waals surface area (Å²) >= 11 is 12.0. The van der Waals surface area contributed by atoms with Gasteiger partial charge in [0.1, 0.15) is 0 Å². The number of hydrogen-bond donors (Lipinski definition) is 2. The van der Waals surface area contributed by atoms with Crippen molar-refractivity contribution < 1.29 is 17.9 Å². The van der Waals surface area contributed by atoms with Crippen molar-refractivity contribution in [2.24, 2.45) is 0 Å². The van der Waals surface area contributed by atoms with Crippen molar-refractivity contribution in [3.63, 3.8) is 0 Å². The molecule has 27 heavy (non-hydrogen) atoms. The fraction of sp³-hybridized carbons (Fsp3) is 0.278. The lowest BCUT2D eigenvalue weighted by molar-refractivity contribution is 0.0950. The van der Waals surface area contributed by atoms with Gasteiger partial charge < -0.3 is 10.1 Å². The normalized spacial score (nSPS) is 11.4. The summed E-state index contributed by atoms with van der Waals surface area (Å²) in [5.74, 6) is -0.396. The topological polar surface area (TPSA) is 84.5 Å². The molecule has 0 saturated carbocycles. The summed E-state index contributed by atoms with van der Waals surface area (Å²) in [5.41, 5.74) is 1.64. The lowest BCUT2D eigenvalue weighted by Gasteiger charge is -2.12. The summed E-state index contributed by atoms with van der Waals surface area (Å²) in [6.45, 7) is 2.32. The zero-order chi connectivity index (χ0) is 20.0. The molecule has 0 aliphatic carbocycles. The van der Waals surface area contributed by atoms with Crippen LogP contribution in [0, 0.1) is 6.92 Å². The molecule has 0 heterocycles. The van der Waals surface area contributed by atoms with Crippen molar-refractivity contribution in [2.45, 2.75) is 18.4 Å². The Bertz CT molecular complexity index is 933. The van der Waals surface area contributed by atoms with Crippen LogP contribution >= 0.6 is 23.2 Å². The molecular formula is C18H20Cl2N2O4S. The van der Waals surface area contributed by atoms with Crippen LogP contribution in [-0.4, -0.2) is 34.6 Å². The standard InChI is InChI=1S/C18H20Cl2N2O4S/c1-12-3-6-15(27(24,25)22-7-8-26-2)10-16(12)18(23)21-11-13-4-5-14(19)9-17(13)20/h3-6,9-10,22H,7-8,11H2,1-2H3,(H,21,23). The van der Waals surface area contributed by atoms with E-state index in [1.807, 2.05) is 0 Å². The van der Waals surface area contributed by atoms with Gasteiger partial charge in [-0.3, -0.25) is 4.79 Å². The fourth-order valence-corrected chi connectivity index (χ4v) is 3.82. The fourth-order valence-electron chi connectivity index (χ4n) is 2.31. The number of nitrogens with one attached hydrogen (secondary N) is 2. The zero-order valence-corrected chi connectivity index (χ0v) is 17.2. The average molecular weight is 431 g/mol. The molecule has 2 aromatic rings. The molecule has 2 aromatic carbocycles. The van der Waals surface area contributed by atoms with Crippen LogP contribution in [0.15, 0.2) is 41.3 Å². The third-order valence-electron chi connectivity index (χ3n) is 3.82. The third kappa shape index (κ3) is 5.92. The van der Waals surface area contributed by atoms with Crippen LogP contribution in [-0.2, 0) is 21.3 Å². The number of hydrogen-bond acceptors (Lipinski definition) is 4. The van der Waals surface area contributed by atoms with E-state index in [4.69, 9.17) is 27.9 Å². The number of amides is 1. The van der Waals surface area contributed by atoms with E-state index in [1.54, 1.807) is 31.2 Å². The maximum atomic E-state index is 12.5. The zero-order valence-electron chi connectivity index (χ0n) is 14.9. The lowest BCUT2D eigenvalue weighted by atomic mass is 10.1. The van der Waals surface area contributed by atoms with E-state index in [0.29, 0.717) is 21.2 Å². The van der Waals surface area contributed by atoms with Crippen molar-refractivity contribution in [3.05, 3.63) is 63.1 Å². The first-order chi connectivity index (χ1) is 12.7. The highest BCUT2D eigenvalue weighted by molar-refractivity contribution is 7.89. The van der Waals surface area contributed by atoms with Gasteiger partial charge in [-0.05, 0) is 42.3 Å². The number of methoxy groups -OCH3 is 1. The van der Waals surface area contributed by atoms with Gasteiger partial charge in [0.25, 0.3) is 5.91 Å². The molecule has 0 atom stereocenters. The first-order valence-corrected chi connectivity index (χ1v) is 10.3. The van der Waals surface area contributed by atoms with Gasteiger partial charge in [0.05, 0.1) is 11.5 Å². The quantitative estimate of drug-likeness (QED) is 0.629. The van der Waals surface area contributed by atoms with Crippen LogP contribution in [0.4, 0.5) is 0 Å². The minimum Gasteiger partial charge on any atom is -0.383 e. The third-order valence-corrected chi connectivity index (χ3v) is 5.86. The molecule has 6 nitrogen and oxygen atoms in total. The molecule has 0 spiro atoms. The van der Waals surface area contributed by atoms with Crippen molar-refractivity contribution in [3.8, 4) is 0 Å². The summed E-state index contributed by atoms with van der Waals surface area (Å²) < 4.78 is 31.9. The first-order valence-electron chi connectivity index (χ1n) is 8.06. The van der Waals surface area contributed by atoms with Crippen molar-refractivity contribution in [1.29, 1.82) is 0 Å². The highest BCUT2D eigenvalue weighted by Gasteiger charge is 2.18. The number of carbonyl (C=O) groups is 1. The Kier molecular flexibility index (Phi) is 7.64. The Morgan fingerprint density at radius 2 is 1.89 bits per heavy atom. The first kappa shape index (κ1) is 21.7. The molecule has 0 aromatic heterocycles. The Morgan fingerprint density at radius 3 is 2.56 bits per heavy atom. The second kappa shape index (κ2) is 9.52. The van der Waals surface area contributed by atoms with Gasteiger partial charge in [0.2, 0.25) is 10.0 Å². The van der Waals surface area contributed by atoms with Crippen molar-refractivity contribution in [1.82, 2.24) is 10.0 Å². The molecular weight excluding hydrogens is 411 g/mol. The highest BCUT2D eigenvalue weighted by Crippen LogP contribution is 2.21. The molecule has 2 rings (SSSR count). The minimum absolute atomic E-state index is 0.0129. The number of sulfonamides is 1. The van der Waals surface area contributed by atoms with Crippen molar-refractivity contribution in [2.75, 3.05) is 20.3 Å². The van der Waals surface area contributed by atoms with Crippen LogP contribution in [0.1, 0.15) is 21.5 Å². The van der Waals surface area contributed by atoms with Gasteiger partial charge in [0.15, 0.2) is 0 Å². The maximum absolute atomic E-state index is 12.5. The van der Waals surface area contributed by atoms with Crippen LogP contribution in [0.25, 0.3) is 0 Å². The maximum Gasteiger partial charge on any atom is 0.251 e. The second-order valence-corrected chi connectivity index (χ2v) is 8.40. The molecule has 0 unspecified atom stereocenters. The largest absolute Gasteiger partial charge is 0.383 e. The van der Waals surface area contributed by atoms with E-state index in [0.717, 1.165) is 0 Å². The highest BCUT2D eigenvalue weighted by atomic mass is 35.5. The molecule has 146 valence electrons. The van der Waals surface area contributed by atoms with Gasteiger partial charge in [0, 0.05) is 35.8 Å². The van der Waals surface area contributed by atoms with E-state index in [1.165, 1.54) is 19.2 Å². The van der Waals surface area contributed by atoms with Gasteiger partial charge in [-0.1, -0.05) is 35.3 Å². The van der Waals surface area contributed by atoms with E-state index >= 15 is 0 Å². The molecule has 1 amide bonds. The Hall–Kier alpha value is -1.64. The van der Waals surface area contributed by atoms with Crippen LogP contribution in [0.3, 0.4) is 0 Å². The molecule has 2 N–H and O–H groups in total. The van der Waals surface area contributed by atoms with Crippen molar-refractivity contribution >= 4 is 39.1 Å². The summed E-state index contributed by atoms with van der Waals surface area (Å²) in [6.07, 6.45) is 0.